The Morgan fingerprint density at radius 1 is 1.04 bits per heavy atom. The summed E-state index contributed by atoms with van der Waals surface area (Å²) in [4.78, 5) is 9.00. The van der Waals surface area contributed by atoms with Crippen LogP contribution in [0.15, 0.2) is 60.8 Å². The number of nitrogens with one attached hydrogen (secondary N) is 1. The lowest BCUT2D eigenvalue weighted by atomic mass is 9.93. The SMILES string of the molecule is COc1ccc(-c2ccnc(NC3CCC3)n2)cc1OCc1ccccc1. The standard InChI is InChI=1S/C22H23N3O2/c1-26-20-11-10-17(14-21(20)27-15-16-6-3-2-4-7-16)19-12-13-23-22(25-19)24-18-8-5-9-18/h2-4,6-7,10-14,18H,5,8-9,15H2,1H3,(H,23,24,25). The molecule has 0 radical (unpaired) electrons. The van der Waals surface area contributed by atoms with E-state index in [1.165, 1.54) is 19.3 Å². The Labute approximate surface area is 159 Å². The minimum atomic E-state index is 0.485. The van der Waals surface area contributed by atoms with Crippen molar-refractivity contribution in [2.24, 2.45) is 0 Å². The average molecular weight is 361 g/mol. The zero-order valence-electron chi connectivity index (χ0n) is 15.4. The quantitative estimate of drug-likeness (QED) is 0.661. The third-order valence-electron chi connectivity index (χ3n) is 4.79. The van der Waals surface area contributed by atoms with Crippen LogP contribution in [0.25, 0.3) is 11.3 Å². The van der Waals surface area contributed by atoms with E-state index in [0.29, 0.717) is 30.1 Å². The highest BCUT2D eigenvalue weighted by Gasteiger charge is 2.18. The Morgan fingerprint density at radius 3 is 2.63 bits per heavy atom. The summed E-state index contributed by atoms with van der Waals surface area (Å²) in [6.07, 6.45) is 5.44. The summed E-state index contributed by atoms with van der Waals surface area (Å²) in [5.74, 6) is 2.09. The van der Waals surface area contributed by atoms with Crippen molar-refractivity contribution in [1.29, 1.82) is 0 Å². The van der Waals surface area contributed by atoms with E-state index < -0.39 is 0 Å². The zero-order valence-corrected chi connectivity index (χ0v) is 15.4. The van der Waals surface area contributed by atoms with E-state index in [4.69, 9.17) is 9.47 Å². The van der Waals surface area contributed by atoms with Gasteiger partial charge in [0.2, 0.25) is 5.95 Å². The molecule has 1 heterocycles. The molecule has 0 amide bonds. The van der Waals surface area contributed by atoms with Gasteiger partial charge in [-0.25, -0.2) is 9.97 Å². The highest BCUT2D eigenvalue weighted by Crippen LogP contribution is 2.33. The molecule has 3 aromatic rings. The van der Waals surface area contributed by atoms with E-state index in [2.05, 4.69) is 15.3 Å². The van der Waals surface area contributed by atoms with Crippen molar-refractivity contribution >= 4 is 5.95 Å². The van der Waals surface area contributed by atoms with Crippen molar-refractivity contribution in [3.8, 4) is 22.8 Å². The predicted molar refractivity (Wildman–Crippen MR) is 106 cm³/mol. The van der Waals surface area contributed by atoms with E-state index in [-0.39, 0.29) is 0 Å². The van der Waals surface area contributed by atoms with Crippen molar-refractivity contribution in [2.75, 3.05) is 12.4 Å². The van der Waals surface area contributed by atoms with Crippen LogP contribution in [0.1, 0.15) is 24.8 Å². The van der Waals surface area contributed by atoms with Crippen LogP contribution >= 0.6 is 0 Å². The van der Waals surface area contributed by atoms with Gasteiger partial charge in [-0.1, -0.05) is 30.3 Å². The van der Waals surface area contributed by atoms with E-state index in [1.807, 2.05) is 54.6 Å². The fourth-order valence-corrected chi connectivity index (χ4v) is 3.01. The molecule has 4 rings (SSSR count). The maximum atomic E-state index is 6.01. The van der Waals surface area contributed by atoms with Crippen LogP contribution in [0.5, 0.6) is 11.5 Å². The molecule has 5 nitrogen and oxygen atoms in total. The van der Waals surface area contributed by atoms with Crippen LogP contribution in [-0.4, -0.2) is 23.1 Å². The van der Waals surface area contributed by atoms with Gasteiger partial charge in [-0.2, -0.15) is 0 Å². The Kier molecular flexibility index (Phi) is 5.19. The lowest BCUT2D eigenvalue weighted by Crippen LogP contribution is -2.27. The normalized spacial score (nSPS) is 13.7. The van der Waals surface area contributed by atoms with E-state index in [9.17, 15) is 0 Å². The second kappa shape index (κ2) is 8.08. The zero-order chi connectivity index (χ0) is 18.5. The summed E-state index contributed by atoms with van der Waals surface area (Å²) >= 11 is 0. The number of methoxy groups -OCH3 is 1. The maximum absolute atomic E-state index is 6.01. The van der Waals surface area contributed by atoms with Gasteiger partial charge in [0.05, 0.1) is 12.8 Å². The molecule has 0 aliphatic heterocycles. The first-order valence-corrected chi connectivity index (χ1v) is 9.26. The van der Waals surface area contributed by atoms with Gasteiger partial charge >= 0.3 is 0 Å². The van der Waals surface area contributed by atoms with Gasteiger partial charge in [-0.3, -0.25) is 0 Å². The third-order valence-corrected chi connectivity index (χ3v) is 4.79. The molecule has 1 fully saturated rings. The Bertz CT molecular complexity index is 895. The lowest BCUT2D eigenvalue weighted by molar-refractivity contribution is 0.284. The van der Waals surface area contributed by atoms with Gasteiger partial charge in [0.1, 0.15) is 6.61 Å². The molecule has 0 saturated heterocycles. The number of hydrogen-bond acceptors (Lipinski definition) is 5. The third kappa shape index (κ3) is 4.19. The van der Waals surface area contributed by atoms with E-state index >= 15 is 0 Å². The van der Waals surface area contributed by atoms with Crippen molar-refractivity contribution < 1.29 is 9.47 Å². The molecule has 138 valence electrons. The smallest absolute Gasteiger partial charge is 0.223 e. The molecule has 27 heavy (non-hydrogen) atoms. The largest absolute Gasteiger partial charge is 0.493 e. The minimum Gasteiger partial charge on any atom is -0.493 e. The molecular weight excluding hydrogens is 338 g/mol. The number of nitrogens with zero attached hydrogens (tertiary/aromatic N) is 2. The van der Waals surface area contributed by atoms with Gasteiger partial charge in [0, 0.05) is 17.8 Å². The molecule has 0 atom stereocenters. The summed E-state index contributed by atoms with van der Waals surface area (Å²) in [6, 6.07) is 18.4. The molecule has 0 spiro atoms. The van der Waals surface area contributed by atoms with Crippen LogP contribution < -0.4 is 14.8 Å². The molecule has 1 aromatic heterocycles. The summed E-state index contributed by atoms with van der Waals surface area (Å²) in [7, 11) is 1.65. The summed E-state index contributed by atoms with van der Waals surface area (Å²) < 4.78 is 11.5. The number of rotatable bonds is 7. The molecule has 1 aliphatic carbocycles. The highest BCUT2D eigenvalue weighted by molar-refractivity contribution is 5.64. The van der Waals surface area contributed by atoms with Crippen molar-refractivity contribution in [3.05, 3.63) is 66.4 Å². The van der Waals surface area contributed by atoms with Crippen LogP contribution in [0.4, 0.5) is 5.95 Å². The summed E-state index contributed by atoms with van der Waals surface area (Å²) in [5.41, 5.74) is 2.94. The number of aromatic nitrogens is 2. The van der Waals surface area contributed by atoms with Gasteiger partial charge in [-0.05, 0) is 49.1 Å². The molecule has 1 saturated carbocycles. The second-order valence-corrected chi connectivity index (χ2v) is 6.68. The summed E-state index contributed by atoms with van der Waals surface area (Å²) in [6.45, 7) is 0.485. The fraction of sp³-hybridized carbons (Fsp3) is 0.273. The first-order valence-electron chi connectivity index (χ1n) is 9.26. The number of hydrogen-bond donors (Lipinski definition) is 1. The molecule has 0 unspecified atom stereocenters. The van der Waals surface area contributed by atoms with Crippen molar-refractivity contribution in [1.82, 2.24) is 9.97 Å². The van der Waals surface area contributed by atoms with Crippen LogP contribution in [-0.2, 0) is 6.61 Å². The van der Waals surface area contributed by atoms with E-state index in [1.54, 1.807) is 13.3 Å². The van der Waals surface area contributed by atoms with Crippen molar-refractivity contribution in [3.63, 3.8) is 0 Å². The number of anilines is 1. The van der Waals surface area contributed by atoms with Crippen LogP contribution in [0, 0.1) is 0 Å². The van der Waals surface area contributed by atoms with Gasteiger partial charge in [0.15, 0.2) is 11.5 Å². The topological polar surface area (TPSA) is 56.3 Å². The molecule has 1 N–H and O–H groups in total. The average Bonchev–Trinajstić information content (AvgIpc) is 2.70. The van der Waals surface area contributed by atoms with E-state index in [0.717, 1.165) is 16.8 Å². The maximum Gasteiger partial charge on any atom is 0.223 e. The van der Waals surface area contributed by atoms with Gasteiger partial charge in [0.25, 0.3) is 0 Å². The molecule has 5 heteroatoms. The van der Waals surface area contributed by atoms with Crippen LogP contribution in [0.3, 0.4) is 0 Å². The monoisotopic (exact) mass is 361 g/mol. The molecule has 2 aromatic carbocycles. The highest BCUT2D eigenvalue weighted by atomic mass is 16.5. The Hall–Kier alpha value is -3.08. The lowest BCUT2D eigenvalue weighted by Gasteiger charge is -2.26. The summed E-state index contributed by atoms with van der Waals surface area (Å²) in [5, 5.41) is 3.39. The molecular formula is C22H23N3O2. The first kappa shape index (κ1) is 17.3. The molecule has 1 aliphatic rings. The number of ether oxygens (including phenoxy) is 2. The Morgan fingerprint density at radius 2 is 1.89 bits per heavy atom. The van der Waals surface area contributed by atoms with Crippen molar-refractivity contribution in [2.45, 2.75) is 31.9 Å². The second-order valence-electron chi connectivity index (χ2n) is 6.68. The Balaban J connectivity index is 1.55. The first-order chi connectivity index (χ1) is 13.3. The molecule has 0 bridgehead atoms. The van der Waals surface area contributed by atoms with Gasteiger partial charge in [-0.15, -0.1) is 0 Å². The van der Waals surface area contributed by atoms with Crippen LogP contribution in [0.2, 0.25) is 0 Å². The predicted octanol–water partition coefficient (Wildman–Crippen LogP) is 4.70. The fourth-order valence-electron chi connectivity index (χ4n) is 3.01. The number of benzene rings is 2. The minimum absolute atomic E-state index is 0.485. The van der Waals surface area contributed by atoms with Gasteiger partial charge < -0.3 is 14.8 Å².